The van der Waals surface area contributed by atoms with E-state index in [4.69, 9.17) is 16.8 Å². The minimum atomic E-state index is -0.601. The first-order valence-electron chi connectivity index (χ1n) is 4.08. The average molecular weight is 220 g/mol. The van der Waals surface area contributed by atoms with Gasteiger partial charge in [-0.1, -0.05) is 13.8 Å². The van der Waals surface area contributed by atoms with E-state index in [1.807, 2.05) is 13.8 Å². The van der Waals surface area contributed by atoms with Gasteiger partial charge in [0.05, 0.1) is 4.92 Å². The number of hydrogen-bond donors (Lipinski definition) is 1. The highest BCUT2D eigenvalue weighted by Crippen LogP contribution is 2.15. The fourth-order valence-electron chi connectivity index (χ4n) is 0.781. The average Bonchev–Trinajstić information content (AvgIpc) is 2.16. The zero-order valence-corrected chi connectivity index (χ0v) is 8.95. The Balaban J connectivity index is 0.000000791. The maximum absolute atomic E-state index is 10.3. The summed E-state index contributed by atoms with van der Waals surface area (Å²) in [7, 11) is 0. The Morgan fingerprint density at radius 2 is 2.07 bits per heavy atom. The van der Waals surface area contributed by atoms with Crippen LogP contribution < -0.4 is 4.73 Å². The van der Waals surface area contributed by atoms with Crippen molar-refractivity contribution in [2.45, 2.75) is 20.8 Å². The van der Waals surface area contributed by atoms with E-state index >= 15 is 0 Å². The summed E-state index contributed by atoms with van der Waals surface area (Å²) in [6, 6.07) is 1.29. The molecule has 0 aromatic carbocycles. The van der Waals surface area contributed by atoms with Crippen LogP contribution in [0.1, 0.15) is 19.4 Å². The van der Waals surface area contributed by atoms with Crippen LogP contribution in [-0.2, 0) is 0 Å². The summed E-state index contributed by atoms with van der Waals surface area (Å²) in [4.78, 5) is 9.65. The summed E-state index contributed by atoms with van der Waals surface area (Å²) >= 11 is 5.54. The van der Waals surface area contributed by atoms with E-state index in [1.54, 1.807) is 6.92 Å². The molecule has 0 aliphatic carbocycles. The van der Waals surface area contributed by atoms with E-state index in [-0.39, 0.29) is 10.8 Å². The highest BCUT2D eigenvalue weighted by Gasteiger charge is 2.19. The SMILES string of the molecule is CC.Cc1cc([N+](=O)[O-])c[n+](O)c1Cl. The molecule has 0 spiro atoms. The van der Waals surface area contributed by atoms with Crippen LogP contribution in [0.15, 0.2) is 12.3 Å². The Morgan fingerprint density at radius 3 is 2.43 bits per heavy atom. The number of halogens is 1. The molecule has 0 saturated carbocycles. The number of aromatic nitrogens is 1. The van der Waals surface area contributed by atoms with Gasteiger partial charge in [-0.3, -0.25) is 15.3 Å². The Kier molecular flexibility index (Phi) is 4.86. The van der Waals surface area contributed by atoms with Gasteiger partial charge in [0.15, 0.2) is 0 Å². The van der Waals surface area contributed by atoms with Gasteiger partial charge < -0.3 is 0 Å². The van der Waals surface area contributed by atoms with Crippen LogP contribution in [0.5, 0.6) is 0 Å². The van der Waals surface area contributed by atoms with Crippen molar-refractivity contribution in [3.63, 3.8) is 0 Å². The lowest BCUT2D eigenvalue weighted by Crippen LogP contribution is -2.31. The number of aryl methyl sites for hydroxylation is 1. The summed E-state index contributed by atoms with van der Waals surface area (Å²) in [6.07, 6.45) is 0.940. The van der Waals surface area contributed by atoms with Crippen LogP contribution in [-0.4, -0.2) is 10.1 Å². The quantitative estimate of drug-likeness (QED) is 0.259. The summed E-state index contributed by atoms with van der Waals surface area (Å²) in [6.45, 7) is 5.57. The van der Waals surface area contributed by atoms with Crippen LogP contribution in [0.2, 0.25) is 5.15 Å². The molecule has 0 aliphatic rings. The maximum atomic E-state index is 10.3. The first-order valence-corrected chi connectivity index (χ1v) is 4.45. The third-order valence-electron chi connectivity index (χ3n) is 1.36. The zero-order chi connectivity index (χ0) is 11.3. The van der Waals surface area contributed by atoms with Gasteiger partial charge in [0.1, 0.15) is 0 Å². The van der Waals surface area contributed by atoms with Gasteiger partial charge in [0.2, 0.25) is 0 Å². The molecule has 1 aromatic rings. The molecule has 0 bridgehead atoms. The Labute approximate surface area is 86.7 Å². The molecule has 0 aliphatic heterocycles. The molecule has 1 N–H and O–H groups in total. The molecule has 0 saturated heterocycles. The maximum Gasteiger partial charge on any atom is 0.337 e. The summed E-state index contributed by atoms with van der Waals surface area (Å²) < 4.78 is 0.523. The van der Waals surface area contributed by atoms with Gasteiger partial charge in [-0.25, -0.2) is 0 Å². The fraction of sp³-hybridized carbons (Fsp3) is 0.375. The van der Waals surface area contributed by atoms with E-state index in [1.165, 1.54) is 6.07 Å². The molecule has 0 radical (unpaired) electrons. The van der Waals surface area contributed by atoms with Gasteiger partial charge in [0, 0.05) is 16.4 Å². The first-order chi connectivity index (χ1) is 6.52. The first kappa shape index (κ1) is 12.6. The molecular formula is C8H12ClN2O3+. The molecule has 14 heavy (non-hydrogen) atoms. The van der Waals surface area contributed by atoms with E-state index in [9.17, 15) is 10.1 Å². The predicted octanol–water partition coefficient (Wildman–Crippen LogP) is 2.11. The van der Waals surface area contributed by atoms with Crippen LogP contribution >= 0.6 is 11.6 Å². The standard InChI is InChI=1S/C6H6ClN2O3.C2H6/c1-4-2-5(9(11)12)3-8(10)6(4)7;1-2/h2-3,10H,1H3;1-2H3/q+1;. The molecule has 0 amide bonds. The minimum absolute atomic E-state index is 0.0700. The molecule has 1 aromatic heterocycles. The lowest BCUT2D eigenvalue weighted by Gasteiger charge is -1.92. The van der Waals surface area contributed by atoms with Crippen molar-refractivity contribution in [3.8, 4) is 0 Å². The van der Waals surface area contributed by atoms with E-state index in [2.05, 4.69) is 0 Å². The van der Waals surface area contributed by atoms with Crippen molar-refractivity contribution in [2.75, 3.05) is 0 Å². The van der Waals surface area contributed by atoms with Crippen LogP contribution in [0.3, 0.4) is 0 Å². The van der Waals surface area contributed by atoms with Crippen molar-refractivity contribution in [1.29, 1.82) is 0 Å². The molecule has 0 unspecified atom stereocenters. The van der Waals surface area contributed by atoms with Crippen molar-refractivity contribution in [1.82, 2.24) is 0 Å². The van der Waals surface area contributed by atoms with Gasteiger partial charge in [-0.15, -0.1) is 0 Å². The van der Waals surface area contributed by atoms with Crippen molar-refractivity contribution in [2.24, 2.45) is 0 Å². The highest BCUT2D eigenvalue weighted by atomic mass is 35.5. The molecule has 5 nitrogen and oxygen atoms in total. The third-order valence-corrected chi connectivity index (χ3v) is 1.83. The van der Waals surface area contributed by atoms with Gasteiger partial charge in [0.25, 0.3) is 0 Å². The predicted molar refractivity (Wildman–Crippen MR) is 51.6 cm³/mol. The Morgan fingerprint density at radius 1 is 1.57 bits per heavy atom. The van der Waals surface area contributed by atoms with Crippen molar-refractivity contribution < 1.29 is 14.9 Å². The number of nitro groups is 1. The minimum Gasteiger partial charge on any atom is -0.283 e. The normalized spacial score (nSPS) is 8.86. The number of nitrogens with zero attached hydrogens (tertiary/aromatic N) is 2. The third kappa shape index (κ3) is 2.85. The summed E-state index contributed by atoms with van der Waals surface area (Å²) in [5, 5.41) is 19.3. The zero-order valence-electron chi connectivity index (χ0n) is 8.19. The molecular weight excluding hydrogens is 208 g/mol. The van der Waals surface area contributed by atoms with Crippen molar-refractivity contribution >= 4 is 17.3 Å². The topological polar surface area (TPSA) is 67.2 Å². The van der Waals surface area contributed by atoms with Crippen LogP contribution in [0, 0.1) is 17.0 Å². The fourth-order valence-corrected chi connectivity index (χ4v) is 0.884. The smallest absolute Gasteiger partial charge is 0.283 e. The van der Waals surface area contributed by atoms with Gasteiger partial charge in [-0.05, 0) is 18.5 Å². The second-order valence-electron chi connectivity index (χ2n) is 2.27. The summed E-state index contributed by atoms with van der Waals surface area (Å²) in [5.41, 5.74) is 0.257. The van der Waals surface area contributed by atoms with E-state index < -0.39 is 4.92 Å². The van der Waals surface area contributed by atoms with Gasteiger partial charge in [-0.2, -0.15) is 0 Å². The lowest BCUT2D eigenvalue weighted by molar-refractivity contribution is -0.903. The Hall–Kier alpha value is -1.36. The highest BCUT2D eigenvalue weighted by molar-refractivity contribution is 6.29. The molecule has 0 atom stereocenters. The van der Waals surface area contributed by atoms with Crippen molar-refractivity contribution in [3.05, 3.63) is 33.1 Å². The van der Waals surface area contributed by atoms with Crippen LogP contribution in [0.25, 0.3) is 0 Å². The molecule has 1 rings (SSSR count). The largest absolute Gasteiger partial charge is 0.337 e. The second kappa shape index (κ2) is 5.39. The molecule has 1 heterocycles. The molecule has 78 valence electrons. The van der Waals surface area contributed by atoms with Gasteiger partial charge >= 0.3 is 17.0 Å². The number of rotatable bonds is 1. The molecule has 6 heteroatoms. The number of pyridine rings is 1. The number of hydrogen-bond acceptors (Lipinski definition) is 3. The van der Waals surface area contributed by atoms with E-state index in [0.717, 1.165) is 6.20 Å². The summed E-state index contributed by atoms with van der Waals surface area (Å²) in [5.74, 6) is 0. The van der Waals surface area contributed by atoms with E-state index in [0.29, 0.717) is 10.3 Å². The Bertz CT molecular complexity index is 318. The molecule has 0 fully saturated rings. The monoisotopic (exact) mass is 219 g/mol. The van der Waals surface area contributed by atoms with Crippen LogP contribution in [0.4, 0.5) is 5.69 Å². The second-order valence-corrected chi connectivity index (χ2v) is 2.63. The lowest BCUT2D eigenvalue weighted by atomic mass is 10.3.